The summed E-state index contributed by atoms with van der Waals surface area (Å²) in [6, 6.07) is 3.16. The number of thiophene rings is 1. The molecule has 1 saturated carbocycles. The molecule has 2 nitrogen and oxygen atoms in total. The molecule has 1 heterocycles. The Morgan fingerprint density at radius 3 is 2.80 bits per heavy atom. The van der Waals surface area contributed by atoms with Gasteiger partial charge < -0.3 is 5.32 Å². The standard InChI is InChI=1S/C17H30N2S/c1-15(2)12-18-9-4-3-5-10-19(17-6-7-17)13-16-8-11-20-14-16/h8,11,14-15,17-18H,3-7,9-10,12-13H2,1-2H3. The maximum atomic E-state index is 3.53. The molecule has 0 spiro atoms. The second kappa shape index (κ2) is 8.81. The van der Waals surface area contributed by atoms with Crippen LogP contribution >= 0.6 is 11.3 Å². The SMILES string of the molecule is CC(C)CNCCCCCN(Cc1ccsc1)C1CC1. The van der Waals surface area contributed by atoms with Crippen LogP contribution in [-0.4, -0.2) is 30.6 Å². The van der Waals surface area contributed by atoms with Crippen LogP contribution in [0, 0.1) is 5.92 Å². The molecule has 1 fully saturated rings. The van der Waals surface area contributed by atoms with E-state index in [9.17, 15) is 0 Å². The van der Waals surface area contributed by atoms with Crippen LogP contribution < -0.4 is 5.32 Å². The number of hydrogen-bond donors (Lipinski definition) is 1. The summed E-state index contributed by atoms with van der Waals surface area (Å²) in [7, 11) is 0. The van der Waals surface area contributed by atoms with Crippen LogP contribution in [0.3, 0.4) is 0 Å². The predicted octanol–water partition coefficient (Wildman–Crippen LogP) is 4.13. The zero-order valence-electron chi connectivity index (χ0n) is 13.1. The molecule has 0 saturated heterocycles. The molecule has 0 amide bonds. The van der Waals surface area contributed by atoms with Gasteiger partial charge in [0.05, 0.1) is 0 Å². The molecule has 20 heavy (non-hydrogen) atoms. The Bertz CT molecular complexity index is 344. The molecule has 0 aromatic carbocycles. The van der Waals surface area contributed by atoms with E-state index in [0.29, 0.717) is 0 Å². The number of nitrogens with one attached hydrogen (secondary N) is 1. The first-order valence-corrected chi connectivity index (χ1v) is 9.16. The third-order valence-corrected chi connectivity index (χ3v) is 4.61. The van der Waals surface area contributed by atoms with E-state index in [1.165, 1.54) is 57.3 Å². The average Bonchev–Trinajstić information content (AvgIpc) is 3.14. The Hall–Kier alpha value is -0.380. The fourth-order valence-corrected chi connectivity index (χ4v) is 3.24. The first-order chi connectivity index (χ1) is 9.75. The van der Waals surface area contributed by atoms with Crippen molar-refractivity contribution in [2.24, 2.45) is 5.92 Å². The van der Waals surface area contributed by atoms with Crippen molar-refractivity contribution in [1.82, 2.24) is 10.2 Å². The van der Waals surface area contributed by atoms with E-state index >= 15 is 0 Å². The maximum Gasteiger partial charge on any atom is 0.0244 e. The van der Waals surface area contributed by atoms with Crippen LogP contribution in [0.2, 0.25) is 0 Å². The fraction of sp³-hybridized carbons (Fsp3) is 0.765. The van der Waals surface area contributed by atoms with Crippen LogP contribution in [-0.2, 0) is 6.54 Å². The Morgan fingerprint density at radius 2 is 2.15 bits per heavy atom. The highest BCUT2D eigenvalue weighted by molar-refractivity contribution is 7.07. The van der Waals surface area contributed by atoms with E-state index in [0.717, 1.165) is 18.5 Å². The van der Waals surface area contributed by atoms with E-state index in [4.69, 9.17) is 0 Å². The molecule has 0 aliphatic heterocycles. The van der Waals surface area contributed by atoms with Crippen LogP contribution in [0.1, 0.15) is 51.5 Å². The zero-order valence-corrected chi connectivity index (χ0v) is 13.9. The first kappa shape index (κ1) is 16.0. The van der Waals surface area contributed by atoms with Gasteiger partial charge in [-0.05, 0) is 73.6 Å². The zero-order chi connectivity index (χ0) is 14.2. The molecule has 1 aliphatic rings. The minimum absolute atomic E-state index is 0.769. The van der Waals surface area contributed by atoms with Gasteiger partial charge in [0, 0.05) is 12.6 Å². The Morgan fingerprint density at radius 1 is 1.30 bits per heavy atom. The molecule has 1 aliphatic carbocycles. The molecule has 1 N–H and O–H groups in total. The second-order valence-corrected chi connectivity index (χ2v) is 7.27. The van der Waals surface area contributed by atoms with E-state index in [1.807, 2.05) is 11.3 Å². The fourth-order valence-electron chi connectivity index (χ4n) is 2.58. The first-order valence-electron chi connectivity index (χ1n) is 8.21. The lowest BCUT2D eigenvalue weighted by molar-refractivity contribution is 0.248. The molecule has 1 aromatic rings. The third kappa shape index (κ3) is 6.38. The summed E-state index contributed by atoms with van der Waals surface area (Å²) in [6.45, 7) is 9.33. The van der Waals surface area contributed by atoms with Crippen molar-refractivity contribution >= 4 is 11.3 Å². The minimum Gasteiger partial charge on any atom is -0.316 e. The largest absolute Gasteiger partial charge is 0.316 e. The van der Waals surface area contributed by atoms with Crippen molar-refractivity contribution in [3.05, 3.63) is 22.4 Å². The summed E-state index contributed by atoms with van der Waals surface area (Å²) in [4.78, 5) is 2.70. The summed E-state index contributed by atoms with van der Waals surface area (Å²) in [6.07, 6.45) is 6.87. The molecule has 3 heteroatoms. The molecule has 1 aromatic heterocycles. The van der Waals surface area contributed by atoms with Crippen molar-refractivity contribution in [1.29, 1.82) is 0 Å². The third-order valence-electron chi connectivity index (χ3n) is 3.88. The summed E-state index contributed by atoms with van der Waals surface area (Å²) < 4.78 is 0. The van der Waals surface area contributed by atoms with Crippen molar-refractivity contribution in [3.63, 3.8) is 0 Å². The lowest BCUT2D eigenvalue weighted by Crippen LogP contribution is -2.26. The van der Waals surface area contributed by atoms with Gasteiger partial charge in [-0.3, -0.25) is 4.90 Å². The number of nitrogens with zero attached hydrogens (tertiary/aromatic N) is 1. The second-order valence-electron chi connectivity index (χ2n) is 6.49. The van der Waals surface area contributed by atoms with Crippen molar-refractivity contribution < 1.29 is 0 Å². The van der Waals surface area contributed by atoms with Gasteiger partial charge in [-0.1, -0.05) is 20.3 Å². The van der Waals surface area contributed by atoms with Crippen LogP contribution in [0.15, 0.2) is 16.8 Å². The van der Waals surface area contributed by atoms with Gasteiger partial charge in [0.2, 0.25) is 0 Å². The number of hydrogen-bond acceptors (Lipinski definition) is 3. The van der Waals surface area contributed by atoms with Crippen molar-refractivity contribution in [2.45, 2.75) is 58.5 Å². The van der Waals surface area contributed by atoms with E-state index in [2.05, 4.69) is 40.9 Å². The molecule has 0 radical (unpaired) electrons. The molecular weight excluding hydrogens is 264 g/mol. The molecule has 0 unspecified atom stereocenters. The molecule has 114 valence electrons. The lowest BCUT2D eigenvalue weighted by atomic mass is 10.2. The van der Waals surface area contributed by atoms with Gasteiger partial charge in [0.15, 0.2) is 0 Å². The van der Waals surface area contributed by atoms with Gasteiger partial charge in [-0.2, -0.15) is 11.3 Å². The summed E-state index contributed by atoms with van der Waals surface area (Å²) >= 11 is 1.82. The van der Waals surface area contributed by atoms with Crippen molar-refractivity contribution in [3.8, 4) is 0 Å². The molecule has 0 atom stereocenters. The van der Waals surface area contributed by atoms with E-state index in [-0.39, 0.29) is 0 Å². The molecule has 0 bridgehead atoms. The van der Waals surface area contributed by atoms with Gasteiger partial charge in [-0.15, -0.1) is 0 Å². The lowest BCUT2D eigenvalue weighted by Gasteiger charge is -2.21. The normalized spacial score (nSPS) is 15.4. The highest BCUT2D eigenvalue weighted by Crippen LogP contribution is 2.29. The van der Waals surface area contributed by atoms with Crippen LogP contribution in [0.25, 0.3) is 0 Å². The summed E-state index contributed by atoms with van der Waals surface area (Å²) in [5, 5.41) is 8.02. The van der Waals surface area contributed by atoms with E-state index in [1.54, 1.807) is 0 Å². The van der Waals surface area contributed by atoms with Crippen LogP contribution in [0.5, 0.6) is 0 Å². The number of rotatable bonds is 11. The van der Waals surface area contributed by atoms with Gasteiger partial charge in [0.25, 0.3) is 0 Å². The Balaban J connectivity index is 1.54. The molecule has 2 rings (SSSR count). The average molecular weight is 295 g/mol. The van der Waals surface area contributed by atoms with Gasteiger partial charge >= 0.3 is 0 Å². The number of unbranched alkanes of at least 4 members (excludes halogenated alkanes) is 2. The molecular formula is C17H30N2S. The highest BCUT2D eigenvalue weighted by Gasteiger charge is 2.28. The Kier molecular flexibility index (Phi) is 7.05. The topological polar surface area (TPSA) is 15.3 Å². The smallest absolute Gasteiger partial charge is 0.0244 e. The van der Waals surface area contributed by atoms with Crippen molar-refractivity contribution in [2.75, 3.05) is 19.6 Å². The predicted molar refractivity (Wildman–Crippen MR) is 89.3 cm³/mol. The van der Waals surface area contributed by atoms with E-state index < -0.39 is 0 Å². The minimum atomic E-state index is 0.769. The summed E-state index contributed by atoms with van der Waals surface area (Å²) in [5.74, 6) is 0.769. The maximum absolute atomic E-state index is 3.53. The highest BCUT2D eigenvalue weighted by atomic mass is 32.1. The monoisotopic (exact) mass is 294 g/mol. The quantitative estimate of drug-likeness (QED) is 0.617. The van der Waals surface area contributed by atoms with Crippen LogP contribution in [0.4, 0.5) is 0 Å². The Labute approximate surface area is 128 Å². The van der Waals surface area contributed by atoms with Gasteiger partial charge in [-0.25, -0.2) is 0 Å². The summed E-state index contributed by atoms with van der Waals surface area (Å²) in [5.41, 5.74) is 1.50. The van der Waals surface area contributed by atoms with Gasteiger partial charge in [0.1, 0.15) is 0 Å².